The molecule has 0 aliphatic rings. The van der Waals surface area contributed by atoms with E-state index >= 15 is 0 Å². The van der Waals surface area contributed by atoms with Gasteiger partial charge in [-0.05, 0) is 103 Å². The second-order valence-electron chi connectivity index (χ2n) is 10.7. The zero-order valence-electron chi connectivity index (χ0n) is 25.0. The van der Waals surface area contributed by atoms with Gasteiger partial charge in [0.2, 0.25) is 0 Å². The summed E-state index contributed by atoms with van der Waals surface area (Å²) in [6.45, 7) is 7.20. The Bertz CT molecular complexity index is 1500. The Morgan fingerprint density at radius 3 is 2.23 bits per heavy atom. The fraction of sp³-hybridized carbons (Fsp3) is 0.306. The molecule has 4 rings (SSSR count). The fourth-order valence-corrected chi connectivity index (χ4v) is 5.96. The normalized spacial score (nSPS) is 11.7. The van der Waals surface area contributed by atoms with Crippen molar-refractivity contribution in [1.82, 2.24) is 0 Å². The van der Waals surface area contributed by atoms with Gasteiger partial charge in [-0.1, -0.05) is 77.8 Å². The smallest absolute Gasteiger partial charge is 0.302 e. The van der Waals surface area contributed by atoms with E-state index in [-0.39, 0.29) is 11.9 Å². The first-order valence-corrected chi connectivity index (χ1v) is 15.3. The van der Waals surface area contributed by atoms with Gasteiger partial charge in [0.05, 0.1) is 16.7 Å². The Labute approximate surface area is 264 Å². The lowest BCUT2D eigenvalue weighted by molar-refractivity contribution is -0.141. The van der Waals surface area contributed by atoms with Crippen LogP contribution >= 0.6 is 23.2 Å². The van der Waals surface area contributed by atoms with Crippen molar-refractivity contribution >= 4 is 29.2 Å². The van der Waals surface area contributed by atoms with Crippen LogP contribution in [-0.4, -0.2) is 32.3 Å². The minimum absolute atomic E-state index is 0.192. The SMILES string of the molecule is CC(=O)OCCCc1ccccc1-c1ccc(C(CN)Cc2ccc(OCCOc3c(Cl)cc(C)cc3Cl)cc2)c(C)c1. The minimum Gasteiger partial charge on any atom is -0.490 e. The topological polar surface area (TPSA) is 70.8 Å². The van der Waals surface area contributed by atoms with Crippen molar-refractivity contribution in [2.45, 2.75) is 46.0 Å². The maximum atomic E-state index is 11.1. The number of nitrogens with two attached hydrogens (primary N) is 1. The second-order valence-corrected chi connectivity index (χ2v) is 11.5. The summed E-state index contributed by atoms with van der Waals surface area (Å²) in [4.78, 5) is 11.1. The highest BCUT2D eigenvalue weighted by Gasteiger charge is 2.15. The molecule has 4 aromatic carbocycles. The van der Waals surface area contributed by atoms with Crippen LogP contribution in [0.25, 0.3) is 11.1 Å². The number of halogens is 2. The Balaban J connectivity index is 1.34. The number of esters is 1. The van der Waals surface area contributed by atoms with E-state index in [0.717, 1.165) is 30.6 Å². The highest BCUT2D eigenvalue weighted by atomic mass is 35.5. The number of hydrogen-bond donors (Lipinski definition) is 1. The molecule has 0 aliphatic heterocycles. The third-order valence-corrected chi connectivity index (χ3v) is 7.93. The van der Waals surface area contributed by atoms with E-state index in [9.17, 15) is 4.79 Å². The van der Waals surface area contributed by atoms with Crippen molar-refractivity contribution in [2.24, 2.45) is 5.73 Å². The Kier molecular flexibility index (Phi) is 11.9. The standard InChI is InChI=1S/C36H39Cl2NO4/c1-24-19-34(37)36(35(38)20-24)43-18-17-42-31-13-10-27(11-14-31)22-30(23-39)32-15-12-29(21-25(32)2)33-9-5-4-7-28(33)8-6-16-41-26(3)40/h4-5,7,9-15,19-21,30H,6,8,16-18,22-23,39H2,1-3H3. The summed E-state index contributed by atoms with van der Waals surface area (Å²) in [5.41, 5.74) is 14.6. The van der Waals surface area contributed by atoms with Crippen molar-refractivity contribution in [3.63, 3.8) is 0 Å². The van der Waals surface area contributed by atoms with Crippen molar-refractivity contribution in [3.8, 4) is 22.6 Å². The molecule has 7 heteroatoms. The van der Waals surface area contributed by atoms with Gasteiger partial charge in [-0.3, -0.25) is 4.79 Å². The maximum absolute atomic E-state index is 11.1. The molecule has 0 aromatic heterocycles. The van der Waals surface area contributed by atoms with Gasteiger partial charge in [0.15, 0.2) is 5.75 Å². The van der Waals surface area contributed by atoms with Crippen molar-refractivity contribution in [1.29, 1.82) is 0 Å². The first-order valence-electron chi connectivity index (χ1n) is 14.6. The number of rotatable bonds is 14. The fourth-order valence-electron chi connectivity index (χ4n) is 5.25. The van der Waals surface area contributed by atoms with E-state index < -0.39 is 0 Å². The number of carbonyl (C=O) groups is 1. The van der Waals surface area contributed by atoms with Crippen molar-refractivity contribution in [3.05, 3.63) is 117 Å². The summed E-state index contributed by atoms with van der Waals surface area (Å²) in [5, 5.41) is 0.984. The number of benzene rings is 4. The van der Waals surface area contributed by atoms with Gasteiger partial charge in [-0.2, -0.15) is 0 Å². The average Bonchev–Trinajstić information content (AvgIpc) is 2.98. The average molecular weight is 621 g/mol. The number of aryl methyl sites for hydroxylation is 3. The zero-order chi connectivity index (χ0) is 30.8. The lowest BCUT2D eigenvalue weighted by Gasteiger charge is -2.20. The molecule has 4 aromatic rings. The van der Waals surface area contributed by atoms with E-state index in [4.69, 9.17) is 43.1 Å². The molecule has 0 fully saturated rings. The van der Waals surface area contributed by atoms with Gasteiger partial charge in [-0.25, -0.2) is 0 Å². The highest BCUT2D eigenvalue weighted by molar-refractivity contribution is 6.37. The van der Waals surface area contributed by atoms with Gasteiger partial charge < -0.3 is 19.9 Å². The molecule has 0 radical (unpaired) electrons. The molecule has 0 amide bonds. The molecule has 0 aliphatic carbocycles. The predicted molar refractivity (Wildman–Crippen MR) is 176 cm³/mol. The summed E-state index contributed by atoms with van der Waals surface area (Å²) < 4.78 is 16.7. The van der Waals surface area contributed by atoms with Gasteiger partial charge >= 0.3 is 5.97 Å². The molecule has 0 saturated heterocycles. The quantitative estimate of drug-likeness (QED) is 0.113. The van der Waals surface area contributed by atoms with Crippen LogP contribution in [0.3, 0.4) is 0 Å². The molecule has 226 valence electrons. The number of ether oxygens (including phenoxy) is 3. The zero-order valence-corrected chi connectivity index (χ0v) is 26.5. The van der Waals surface area contributed by atoms with Crippen LogP contribution in [0.2, 0.25) is 10.0 Å². The van der Waals surface area contributed by atoms with E-state index in [0.29, 0.717) is 42.2 Å². The van der Waals surface area contributed by atoms with Gasteiger partial charge in [0, 0.05) is 12.8 Å². The third-order valence-electron chi connectivity index (χ3n) is 7.36. The first kappa shape index (κ1) is 32.4. The van der Waals surface area contributed by atoms with E-state index in [2.05, 4.69) is 61.5 Å². The van der Waals surface area contributed by atoms with Crippen molar-refractivity contribution in [2.75, 3.05) is 26.4 Å². The van der Waals surface area contributed by atoms with Gasteiger partial charge in [-0.15, -0.1) is 0 Å². The van der Waals surface area contributed by atoms with Crippen LogP contribution < -0.4 is 15.2 Å². The van der Waals surface area contributed by atoms with E-state index in [1.165, 1.54) is 40.3 Å². The molecule has 2 N–H and O–H groups in total. The minimum atomic E-state index is -0.241. The van der Waals surface area contributed by atoms with Crippen LogP contribution in [0.15, 0.2) is 78.9 Å². The summed E-state index contributed by atoms with van der Waals surface area (Å²) >= 11 is 12.5. The largest absolute Gasteiger partial charge is 0.490 e. The molecule has 0 saturated carbocycles. The molecular formula is C36H39Cl2NO4. The molecule has 0 spiro atoms. The number of carbonyl (C=O) groups excluding carboxylic acids is 1. The number of hydrogen-bond acceptors (Lipinski definition) is 5. The van der Waals surface area contributed by atoms with Crippen LogP contribution in [0, 0.1) is 13.8 Å². The van der Waals surface area contributed by atoms with Crippen LogP contribution in [0.5, 0.6) is 11.5 Å². The third kappa shape index (κ3) is 9.24. The van der Waals surface area contributed by atoms with Gasteiger partial charge in [0.1, 0.15) is 19.0 Å². The second kappa shape index (κ2) is 15.8. The summed E-state index contributed by atoms with van der Waals surface area (Å²) in [6, 6.07) is 26.8. The maximum Gasteiger partial charge on any atom is 0.302 e. The molecule has 43 heavy (non-hydrogen) atoms. The summed E-state index contributed by atoms with van der Waals surface area (Å²) in [6.07, 6.45) is 2.47. The molecular weight excluding hydrogens is 581 g/mol. The Morgan fingerprint density at radius 2 is 1.56 bits per heavy atom. The predicted octanol–water partition coefficient (Wildman–Crippen LogP) is 8.52. The monoisotopic (exact) mass is 619 g/mol. The first-order chi connectivity index (χ1) is 20.7. The van der Waals surface area contributed by atoms with E-state index in [1.54, 1.807) is 0 Å². The molecule has 0 heterocycles. The van der Waals surface area contributed by atoms with Crippen LogP contribution in [-0.2, 0) is 22.4 Å². The lowest BCUT2D eigenvalue weighted by Crippen LogP contribution is -2.16. The summed E-state index contributed by atoms with van der Waals surface area (Å²) in [7, 11) is 0. The molecule has 1 atom stereocenters. The van der Waals surface area contributed by atoms with Crippen molar-refractivity contribution < 1.29 is 19.0 Å². The van der Waals surface area contributed by atoms with Gasteiger partial charge in [0.25, 0.3) is 0 Å². The molecule has 1 unspecified atom stereocenters. The molecule has 0 bridgehead atoms. The Hall–Kier alpha value is -3.51. The summed E-state index contributed by atoms with van der Waals surface area (Å²) in [5.74, 6) is 1.20. The molecule has 5 nitrogen and oxygen atoms in total. The Morgan fingerprint density at radius 1 is 0.860 bits per heavy atom. The van der Waals surface area contributed by atoms with Crippen LogP contribution in [0.4, 0.5) is 0 Å². The highest BCUT2D eigenvalue weighted by Crippen LogP contribution is 2.34. The van der Waals surface area contributed by atoms with E-state index in [1.807, 2.05) is 31.2 Å². The van der Waals surface area contributed by atoms with Crippen LogP contribution in [0.1, 0.15) is 47.1 Å². The lowest BCUT2D eigenvalue weighted by atomic mass is 9.87.